The van der Waals surface area contributed by atoms with Crippen molar-refractivity contribution < 1.29 is 4.79 Å². The van der Waals surface area contributed by atoms with Crippen LogP contribution in [0, 0.1) is 0 Å². The van der Waals surface area contributed by atoms with Gasteiger partial charge < -0.3 is 5.32 Å². The van der Waals surface area contributed by atoms with Gasteiger partial charge in [0.05, 0.1) is 0 Å². The quantitative estimate of drug-likeness (QED) is 0.747. The summed E-state index contributed by atoms with van der Waals surface area (Å²) < 4.78 is 1.48. The van der Waals surface area contributed by atoms with E-state index >= 15 is 0 Å². The first-order chi connectivity index (χ1) is 11.7. The van der Waals surface area contributed by atoms with Crippen LogP contribution in [-0.4, -0.2) is 26.1 Å². The maximum absolute atomic E-state index is 12.6. The number of nitrogens with zero attached hydrogens (tertiary/aromatic N) is 4. The van der Waals surface area contributed by atoms with Crippen molar-refractivity contribution in [3.8, 4) is 0 Å². The third kappa shape index (κ3) is 4.17. The maximum Gasteiger partial charge on any atom is 0.245 e. The van der Waals surface area contributed by atoms with Crippen LogP contribution in [0.1, 0.15) is 17.2 Å². The Hall–Kier alpha value is -2.73. The zero-order valence-electron chi connectivity index (χ0n) is 12.8. The molecule has 6 nitrogen and oxygen atoms in total. The Balaban J connectivity index is 1.70. The van der Waals surface area contributed by atoms with Crippen molar-refractivity contribution >= 4 is 17.5 Å². The fraction of sp³-hybridized carbons (Fsp3) is 0.176. The number of carbonyl (C=O) groups is 1. The van der Waals surface area contributed by atoms with Crippen LogP contribution < -0.4 is 5.32 Å². The Morgan fingerprint density at radius 1 is 1.08 bits per heavy atom. The highest BCUT2D eigenvalue weighted by Crippen LogP contribution is 2.14. The second-order valence-electron chi connectivity index (χ2n) is 5.34. The number of halogens is 1. The van der Waals surface area contributed by atoms with E-state index in [-0.39, 0.29) is 5.91 Å². The standard InChI is InChI=1S/C17H16ClN5O/c18-15-8-6-14(7-9-15)11-19-17(24)16(23-12-20-21-22-23)10-13-4-2-1-3-5-13/h1-9,12,16H,10-11H2,(H,19,24)/t16-/m1/s1. The van der Waals surface area contributed by atoms with Gasteiger partial charge in [0.15, 0.2) is 0 Å². The van der Waals surface area contributed by atoms with Gasteiger partial charge in [0, 0.05) is 18.0 Å². The zero-order chi connectivity index (χ0) is 16.8. The van der Waals surface area contributed by atoms with Gasteiger partial charge in [-0.1, -0.05) is 54.1 Å². The summed E-state index contributed by atoms with van der Waals surface area (Å²) in [6.45, 7) is 0.420. The fourth-order valence-corrected chi connectivity index (χ4v) is 2.49. The number of hydrogen-bond acceptors (Lipinski definition) is 4. The molecule has 2 aromatic carbocycles. The first-order valence-electron chi connectivity index (χ1n) is 7.51. The monoisotopic (exact) mass is 341 g/mol. The normalized spacial score (nSPS) is 11.9. The van der Waals surface area contributed by atoms with E-state index in [0.29, 0.717) is 18.0 Å². The van der Waals surface area contributed by atoms with E-state index in [0.717, 1.165) is 11.1 Å². The third-order valence-electron chi connectivity index (χ3n) is 3.64. The van der Waals surface area contributed by atoms with Crippen LogP contribution in [0.25, 0.3) is 0 Å². The van der Waals surface area contributed by atoms with Crippen LogP contribution in [0.2, 0.25) is 5.02 Å². The van der Waals surface area contributed by atoms with Crippen molar-refractivity contribution in [2.75, 3.05) is 0 Å². The van der Waals surface area contributed by atoms with Crippen LogP contribution in [0.4, 0.5) is 0 Å². The smallest absolute Gasteiger partial charge is 0.245 e. The Morgan fingerprint density at radius 3 is 2.50 bits per heavy atom. The molecular formula is C17H16ClN5O. The molecule has 0 aliphatic rings. The van der Waals surface area contributed by atoms with Gasteiger partial charge in [0.1, 0.15) is 12.4 Å². The summed E-state index contributed by atoms with van der Waals surface area (Å²) in [7, 11) is 0. The van der Waals surface area contributed by atoms with Gasteiger partial charge in [-0.25, -0.2) is 4.68 Å². The summed E-state index contributed by atoms with van der Waals surface area (Å²) in [5.41, 5.74) is 2.02. The van der Waals surface area contributed by atoms with Gasteiger partial charge in [-0.15, -0.1) is 5.10 Å². The molecule has 1 N–H and O–H groups in total. The Labute approximate surface area is 144 Å². The molecule has 1 heterocycles. The lowest BCUT2D eigenvalue weighted by Gasteiger charge is -2.16. The molecule has 0 aliphatic carbocycles. The van der Waals surface area contributed by atoms with Gasteiger partial charge in [-0.05, 0) is 33.7 Å². The van der Waals surface area contributed by atoms with Crippen LogP contribution in [-0.2, 0) is 17.8 Å². The van der Waals surface area contributed by atoms with Crippen LogP contribution in [0.15, 0.2) is 60.9 Å². The molecule has 0 unspecified atom stereocenters. The molecule has 0 saturated carbocycles. The zero-order valence-corrected chi connectivity index (χ0v) is 13.6. The Kier molecular flexibility index (Phi) is 5.18. The average Bonchev–Trinajstić information content (AvgIpc) is 3.14. The van der Waals surface area contributed by atoms with E-state index < -0.39 is 6.04 Å². The average molecular weight is 342 g/mol. The summed E-state index contributed by atoms with van der Waals surface area (Å²) in [5, 5.41) is 14.7. The Bertz CT molecular complexity index is 775. The predicted octanol–water partition coefficient (Wildman–Crippen LogP) is 2.43. The number of hydrogen-bond donors (Lipinski definition) is 1. The highest BCUT2D eigenvalue weighted by molar-refractivity contribution is 6.30. The van der Waals surface area contributed by atoms with E-state index in [9.17, 15) is 4.79 Å². The number of tetrazole rings is 1. The molecule has 0 fully saturated rings. The maximum atomic E-state index is 12.6. The molecule has 1 aromatic heterocycles. The van der Waals surface area contributed by atoms with Crippen molar-refractivity contribution in [2.24, 2.45) is 0 Å². The second-order valence-corrected chi connectivity index (χ2v) is 5.78. The first-order valence-corrected chi connectivity index (χ1v) is 7.89. The molecule has 0 bridgehead atoms. The number of nitrogens with one attached hydrogen (secondary N) is 1. The number of carbonyl (C=O) groups excluding carboxylic acids is 1. The van der Waals surface area contributed by atoms with E-state index in [1.54, 1.807) is 12.1 Å². The van der Waals surface area contributed by atoms with Crippen molar-refractivity contribution in [1.29, 1.82) is 0 Å². The highest BCUT2D eigenvalue weighted by atomic mass is 35.5. The molecule has 122 valence electrons. The molecule has 0 saturated heterocycles. The number of benzene rings is 2. The van der Waals surface area contributed by atoms with Gasteiger partial charge in [0.2, 0.25) is 5.91 Å². The van der Waals surface area contributed by atoms with Crippen LogP contribution in [0.5, 0.6) is 0 Å². The predicted molar refractivity (Wildman–Crippen MR) is 90.3 cm³/mol. The molecule has 24 heavy (non-hydrogen) atoms. The largest absolute Gasteiger partial charge is 0.350 e. The summed E-state index contributed by atoms with van der Waals surface area (Å²) in [6, 6.07) is 16.6. The van der Waals surface area contributed by atoms with E-state index in [4.69, 9.17) is 11.6 Å². The van der Waals surface area contributed by atoms with Crippen LogP contribution >= 0.6 is 11.6 Å². The van der Waals surface area contributed by atoms with Crippen molar-refractivity contribution in [3.63, 3.8) is 0 Å². The molecule has 0 spiro atoms. The van der Waals surface area contributed by atoms with Gasteiger partial charge in [0.25, 0.3) is 0 Å². The molecule has 3 aromatic rings. The lowest BCUT2D eigenvalue weighted by molar-refractivity contribution is -0.124. The van der Waals surface area contributed by atoms with Gasteiger partial charge >= 0.3 is 0 Å². The third-order valence-corrected chi connectivity index (χ3v) is 3.89. The Morgan fingerprint density at radius 2 is 1.83 bits per heavy atom. The molecule has 3 rings (SSSR count). The SMILES string of the molecule is O=C(NCc1ccc(Cl)cc1)[C@@H](Cc1ccccc1)n1cnnn1. The molecule has 0 radical (unpaired) electrons. The summed E-state index contributed by atoms with van der Waals surface area (Å²) in [6.07, 6.45) is 1.97. The van der Waals surface area contributed by atoms with Gasteiger partial charge in [-0.2, -0.15) is 0 Å². The number of rotatable bonds is 6. The topological polar surface area (TPSA) is 72.7 Å². The lowest BCUT2D eigenvalue weighted by atomic mass is 10.1. The fourth-order valence-electron chi connectivity index (χ4n) is 2.36. The van der Waals surface area contributed by atoms with Crippen LogP contribution in [0.3, 0.4) is 0 Å². The minimum Gasteiger partial charge on any atom is -0.350 e. The summed E-state index contributed by atoms with van der Waals surface area (Å²) in [5.74, 6) is -0.138. The first kappa shape index (κ1) is 16.1. The van der Waals surface area contributed by atoms with Crippen molar-refractivity contribution in [1.82, 2.24) is 25.5 Å². The summed E-state index contributed by atoms with van der Waals surface area (Å²) in [4.78, 5) is 12.6. The molecule has 1 atom stereocenters. The lowest BCUT2D eigenvalue weighted by Crippen LogP contribution is -2.34. The molecular weight excluding hydrogens is 326 g/mol. The minimum atomic E-state index is -0.505. The molecule has 1 amide bonds. The van der Waals surface area contributed by atoms with Crippen molar-refractivity contribution in [3.05, 3.63) is 77.1 Å². The highest BCUT2D eigenvalue weighted by Gasteiger charge is 2.22. The molecule has 7 heteroatoms. The van der Waals surface area contributed by atoms with Gasteiger partial charge in [-0.3, -0.25) is 4.79 Å². The number of amides is 1. The number of aromatic nitrogens is 4. The molecule has 0 aliphatic heterocycles. The van der Waals surface area contributed by atoms with E-state index in [1.807, 2.05) is 42.5 Å². The van der Waals surface area contributed by atoms with E-state index in [1.165, 1.54) is 11.0 Å². The minimum absolute atomic E-state index is 0.138. The summed E-state index contributed by atoms with van der Waals surface area (Å²) >= 11 is 5.87. The second kappa shape index (κ2) is 7.70. The van der Waals surface area contributed by atoms with Crippen molar-refractivity contribution in [2.45, 2.75) is 19.0 Å². The van der Waals surface area contributed by atoms with E-state index in [2.05, 4.69) is 20.8 Å².